The van der Waals surface area contributed by atoms with E-state index in [0.29, 0.717) is 15.3 Å². The molecule has 1 saturated heterocycles. The fourth-order valence-corrected chi connectivity index (χ4v) is 3.11. The predicted molar refractivity (Wildman–Crippen MR) is 87.4 cm³/mol. The van der Waals surface area contributed by atoms with E-state index in [2.05, 4.69) is 4.99 Å². The molecular formula is C17H20N4O4. The third-order valence-corrected chi connectivity index (χ3v) is 4.54. The first-order valence-electron chi connectivity index (χ1n) is 8.37. The second kappa shape index (κ2) is 7.00. The number of carbonyl (C=O) groups excluding carboxylic acids is 4. The van der Waals surface area contributed by atoms with Crippen molar-refractivity contribution in [1.29, 1.82) is 0 Å². The number of nitrogens with zero attached hydrogens (tertiary/aromatic N) is 4. The van der Waals surface area contributed by atoms with Crippen LogP contribution in [0.3, 0.4) is 0 Å². The molecule has 0 unspecified atom stereocenters. The van der Waals surface area contributed by atoms with Crippen LogP contribution < -0.4 is 5.49 Å². The summed E-state index contributed by atoms with van der Waals surface area (Å²) in [5.74, 6) is -2.40. The van der Waals surface area contributed by atoms with Crippen molar-refractivity contribution >= 4 is 23.8 Å². The Bertz CT molecular complexity index is 792. The van der Waals surface area contributed by atoms with Crippen LogP contribution in [0.5, 0.6) is 0 Å². The minimum absolute atomic E-state index is 0.179. The molecule has 2 aliphatic rings. The maximum absolute atomic E-state index is 12.6. The number of amides is 4. The Morgan fingerprint density at radius 1 is 1.12 bits per heavy atom. The largest absolute Gasteiger partial charge is 0.334 e. The zero-order chi connectivity index (χ0) is 18.0. The van der Waals surface area contributed by atoms with Crippen LogP contribution in [-0.2, 0) is 9.59 Å². The first-order chi connectivity index (χ1) is 12.0. The van der Waals surface area contributed by atoms with E-state index in [4.69, 9.17) is 0 Å². The third kappa shape index (κ3) is 3.38. The Balaban J connectivity index is 1.83. The molecule has 25 heavy (non-hydrogen) atoms. The monoisotopic (exact) mass is 344 g/mol. The standard InChI is InChI=1S/C17H20N4O4/c1-19-15(23)16(24)21(17(19)25)11-14(22)20-10-6-5-9-13(20)18-12-7-3-2-4-8-12/h5-6,9-10,12H,2-4,7-8,11H2,1H3. The number of rotatable bonds is 3. The fraction of sp³-hybridized carbons (Fsp3) is 0.471. The maximum Gasteiger partial charge on any atom is 0.334 e. The summed E-state index contributed by atoms with van der Waals surface area (Å²) in [6.45, 7) is -0.490. The van der Waals surface area contributed by atoms with Crippen LogP contribution in [-0.4, -0.2) is 57.8 Å². The molecule has 0 spiro atoms. The van der Waals surface area contributed by atoms with E-state index in [1.54, 1.807) is 24.4 Å². The van der Waals surface area contributed by atoms with Gasteiger partial charge < -0.3 is 0 Å². The summed E-state index contributed by atoms with van der Waals surface area (Å²) in [4.78, 5) is 53.9. The van der Waals surface area contributed by atoms with Gasteiger partial charge in [0, 0.05) is 13.2 Å². The van der Waals surface area contributed by atoms with Crippen molar-refractivity contribution in [3.63, 3.8) is 0 Å². The molecule has 1 saturated carbocycles. The van der Waals surface area contributed by atoms with E-state index < -0.39 is 30.3 Å². The Morgan fingerprint density at radius 3 is 2.48 bits per heavy atom. The zero-order valence-corrected chi connectivity index (χ0v) is 14.1. The topological polar surface area (TPSA) is 92.1 Å². The van der Waals surface area contributed by atoms with Crippen molar-refractivity contribution < 1.29 is 19.2 Å². The van der Waals surface area contributed by atoms with Gasteiger partial charge in [0.15, 0.2) is 0 Å². The number of hydrogen-bond donors (Lipinski definition) is 0. The van der Waals surface area contributed by atoms with Gasteiger partial charge in [-0.2, -0.15) is 0 Å². The van der Waals surface area contributed by atoms with Gasteiger partial charge in [-0.15, -0.1) is 0 Å². The van der Waals surface area contributed by atoms with Gasteiger partial charge in [-0.3, -0.25) is 28.8 Å². The highest BCUT2D eigenvalue weighted by Gasteiger charge is 2.43. The fourth-order valence-electron chi connectivity index (χ4n) is 3.11. The van der Waals surface area contributed by atoms with Crippen LogP contribution in [0.2, 0.25) is 0 Å². The van der Waals surface area contributed by atoms with Crippen molar-refractivity contribution in [3.8, 4) is 0 Å². The summed E-state index contributed by atoms with van der Waals surface area (Å²) < 4.78 is 1.33. The quantitative estimate of drug-likeness (QED) is 0.598. The number of carbonyl (C=O) groups is 4. The van der Waals surface area contributed by atoms with Gasteiger partial charge in [0.05, 0.1) is 6.04 Å². The first kappa shape index (κ1) is 17.1. The van der Waals surface area contributed by atoms with E-state index in [1.165, 1.54) is 18.0 Å². The SMILES string of the molecule is CN1C(=O)C(=O)N(CC(=O)n2ccccc2=NC2CCCCC2)C1=O. The highest BCUT2D eigenvalue weighted by Crippen LogP contribution is 2.19. The van der Waals surface area contributed by atoms with Crippen molar-refractivity contribution in [2.45, 2.75) is 38.1 Å². The number of hydrogen-bond acceptors (Lipinski definition) is 5. The molecule has 8 nitrogen and oxygen atoms in total. The molecule has 1 aliphatic carbocycles. The van der Waals surface area contributed by atoms with Crippen LogP contribution >= 0.6 is 0 Å². The number of urea groups is 1. The summed E-state index contributed by atoms with van der Waals surface area (Å²) in [7, 11) is 1.21. The van der Waals surface area contributed by atoms with Crippen molar-refractivity contribution in [2.75, 3.05) is 13.6 Å². The number of pyridine rings is 1. The van der Waals surface area contributed by atoms with Crippen molar-refractivity contribution in [1.82, 2.24) is 14.4 Å². The smallest absolute Gasteiger partial charge is 0.272 e. The molecule has 3 rings (SSSR count). The second-order valence-corrected chi connectivity index (χ2v) is 6.28. The number of likely N-dealkylation sites (N-methyl/N-ethyl adjacent to an activating group) is 1. The second-order valence-electron chi connectivity index (χ2n) is 6.28. The first-order valence-corrected chi connectivity index (χ1v) is 8.37. The van der Waals surface area contributed by atoms with Gasteiger partial charge in [0.2, 0.25) is 0 Å². The van der Waals surface area contributed by atoms with Crippen molar-refractivity contribution in [2.24, 2.45) is 4.99 Å². The molecule has 1 aromatic heterocycles. The average molecular weight is 344 g/mol. The lowest BCUT2D eigenvalue weighted by atomic mass is 9.96. The Labute approximate surface area is 144 Å². The van der Waals surface area contributed by atoms with Gasteiger partial charge in [0.25, 0.3) is 5.91 Å². The van der Waals surface area contributed by atoms with E-state index >= 15 is 0 Å². The average Bonchev–Trinajstić information content (AvgIpc) is 2.81. The van der Waals surface area contributed by atoms with Crippen LogP contribution in [0.25, 0.3) is 0 Å². The van der Waals surface area contributed by atoms with E-state index in [9.17, 15) is 19.2 Å². The van der Waals surface area contributed by atoms with E-state index in [0.717, 1.165) is 25.7 Å². The molecule has 132 valence electrons. The van der Waals surface area contributed by atoms with E-state index in [1.807, 2.05) is 0 Å². The van der Waals surface area contributed by atoms with Crippen LogP contribution in [0, 0.1) is 0 Å². The molecule has 8 heteroatoms. The molecule has 2 fully saturated rings. The minimum atomic E-state index is -0.983. The third-order valence-electron chi connectivity index (χ3n) is 4.54. The lowest BCUT2D eigenvalue weighted by molar-refractivity contribution is -0.142. The predicted octanol–water partition coefficient (Wildman–Crippen LogP) is 0.782. The molecule has 4 amide bonds. The zero-order valence-electron chi connectivity index (χ0n) is 14.1. The Hall–Kier alpha value is -2.77. The van der Waals surface area contributed by atoms with Crippen LogP contribution in [0.4, 0.5) is 4.79 Å². The maximum atomic E-state index is 12.6. The molecule has 0 N–H and O–H groups in total. The lowest BCUT2D eigenvalue weighted by Gasteiger charge is -2.18. The highest BCUT2D eigenvalue weighted by atomic mass is 16.2. The Morgan fingerprint density at radius 2 is 1.84 bits per heavy atom. The molecule has 0 bridgehead atoms. The van der Waals surface area contributed by atoms with Crippen molar-refractivity contribution in [3.05, 3.63) is 29.9 Å². The van der Waals surface area contributed by atoms with Gasteiger partial charge >= 0.3 is 17.8 Å². The van der Waals surface area contributed by atoms with Gasteiger partial charge in [-0.25, -0.2) is 9.69 Å². The lowest BCUT2D eigenvalue weighted by Crippen LogP contribution is -2.41. The summed E-state index contributed by atoms with van der Waals surface area (Å²) in [6.07, 6.45) is 7.00. The number of aromatic nitrogens is 1. The van der Waals surface area contributed by atoms with Crippen LogP contribution in [0.15, 0.2) is 29.4 Å². The molecular weight excluding hydrogens is 324 g/mol. The minimum Gasteiger partial charge on any atom is -0.272 e. The molecule has 1 aliphatic heterocycles. The molecule has 0 radical (unpaired) electrons. The normalized spacial score (nSPS) is 19.9. The molecule has 0 aromatic carbocycles. The number of imide groups is 2. The van der Waals surface area contributed by atoms with Gasteiger partial charge in [-0.1, -0.05) is 25.3 Å². The van der Waals surface area contributed by atoms with E-state index in [-0.39, 0.29) is 6.04 Å². The van der Waals surface area contributed by atoms with Gasteiger partial charge in [0.1, 0.15) is 12.0 Å². The summed E-state index contributed by atoms with van der Waals surface area (Å²) in [5, 5.41) is 0. The van der Waals surface area contributed by atoms with Crippen LogP contribution in [0.1, 0.15) is 36.9 Å². The van der Waals surface area contributed by atoms with Gasteiger partial charge in [-0.05, 0) is 25.0 Å². The Kier molecular flexibility index (Phi) is 4.78. The summed E-state index contributed by atoms with van der Waals surface area (Å²) in [5.41, 5.74) is 0.498. The molecule has 2 heterocycles. The summed E-state index contributed by atoms with van der Waals surface area (Å²) >= 11 is 0. The molecule has 0 atom stereocenters. The molecule has 1 aromatic rings. The highest BCUT2D eigenvalue weighted by molar-refractivity contribution is 6.44. The summed E-state index contributed by atoms with van der Waals surface area (Å²) in [6, 6.07) is 4.60.